The second-order valence-corrected chi connectivity index (χ2v) is 5.19. The van der Waals surface area contributed by atoms with Gasteiger partial charge in [-0.3, -0.25) is 4.79 Å². The van der Waals surface area contributed by atoms with Crippen molar-refractivity contribution in [1.29, 1.82) is 0 Å². The summed E-state index contributed by atoms with van der Waals surface area (Å²) in [7, 11) is 1.24. The third kappa shape index (κ3) is 2.80. The molecule has 0 unspecified atom stereocenters. The Morgan fingerprint density at radius 1 is 1.26 bits per heavy atom. The largest absolute Gasteiger partial charge is 0.507 e. The number of ether oxygens (including phenoxy) is 2. The van der Waals surface area contributed by atoms with E-state index in [4.69, 9.17) is 20.8 Å². The summed E-state index contributed by atoms with van der Waals surface area (Å²) in [5, 5.41) is 10.8. The Balaban J connectivity index is 2.17. The molecular formula is C16H11ClO6. The van der Waals surface area contributed by atoms with Gasteiger partial charge < -0.3 is 19.0 Å². The van der Waals surface area contributed by atoms with Gasteiger partial charge in [0.15, 0.2) is 6.61 Å². The van der Waals surface area contributed by atoms with Crippen LogP contribution in [0.3, 0.4) is 0 Å². The Bertz CT molecular complexity index is 976. The Kier molecular flexibility index (Phi) is 3.83. The quantitative estimate of drug-likeness (QED) is 0.585. The molecule has 0 saturated carbocycles. The van der Waals surface area contributed by atoms with Gasteiger partial charge in [0.25, 0.3) is 0 Å². The average molecular weight is 335 g/mol. The first-order valence-electron chi connectivity index (χ1n) is 6.58. The second-order valence-electron chi connectivity index (χ2n) is 4.75. The number of carbonyl (C=O) groups excluding carboxylic acids is 1. The van der Waals surface area contributed by atoms with E-state index in [9.17, 15) is 14.7 Å². The van der Waals surface area contributed by atoms with Gasteiger partial charge in [0.05, 0.1) is 12.5 Å². The highest BCUT2D eigenvalue weighted by Gasteiger charge is 2.14. The molecule has 1 aromatic heterocycles. The first kappa shape index (κ1) is 15.2. The molecule has 3 aromatic rings. The van der Waals surface area contributed by atoms with E-state index in [2.05, 4.69) is 4.74 Å². The standard InChI is InChI=1S/C16H11ClO6/c1-21-14(19)7-22-9-5-11(18)15-13(6-9)23-12-3-2-8(17)4-10(12)16(15)20/h2-6,18H,7H2,1H3. The number of hydrogen-bond donors (Lipinski definition) is 1. The lowest BCUT2D eigenvalue weighted by Crippen LogP contribution is -2.12. The van der Waals surface area contributed by atoms with Crippen molar-refractivity contribution in [3.05, 3.63) is 45.6 Å². The lowest BCUT2D eigenvalue weighted by molar-refractivity contribution is -0.142. The molecule has 0 fully saturated rings. The number of fused-ring (bicyclic) bond motifs is 2. The van der Waals surface area contributed by atoms with Crippen LogP contribution in [0.2, 0.25) is 5.02 Å². The second kappa shape index (κ2) is 5.81. The van der Waals surface area contributed by atoms with Crippen molar-refractivity contribution < 1.29 is 23.8 Å². The summed E-state index contributed by atoms with van der Waals surface area (Å²) in [6.07, 6.45) is 0. The fourth-order valence-corrected chi connectivity index (χ4v) is 2.36. The van der Waals surface area contributed by atoms with Crippen molar-refractivity contribution >= 4 is 39.5 Å². The Morgan fingerprint density at radius 3 is 2.78 bits per heavy atom. The van der Waals surface area contributed by atoms with Gasteiger partial charge in [0, 0.05) is 17.2 Å². The molecule has 7 heteroatoms. The van der Waals surface area contributed by atoms with Gasteiger partial charge in [0.1, 0.15) is 28.1 Å². The Hall–Kier alpha value is -2.73. The number of esters is 1. The molecule has 2 aromatic carbocycles. The summed E-state index contributed by atoms with van der Waals surface area (Å²) >= 11 is 5.88. The van der Waals surface area contributed by atoms with Crippen LogP contribution in [0, 0.1) is 0 Å². The molecule has 0 amide bonds. The van der Waals surface area contributed by atoms with Crippen LogP contribution in [0.1, 0.15) is 0 Å². The number of phenols is 1. The first-order chi connectivity index (χ1) is 11.0. The average Bonchev–Trinajstić information content (AvgIpc) is 2.53. The molecule has 0 bridgehead atoms. The normalized spacial score (nSPS) is 10.9. The lowest BCUT2D eigenvalue weighted by Gasteiger charge is -2.08. The molecular weight excluding hydrogens is 324 g/mol. The van der Waals surface area contributed by atoms with Crippen molar-refractivity contribution in [3.8, 4) is 11.5 Å². The molecule has 1 N–H and O–H groups in total. The Labute approximate surface area is 134 Å². The SMILES string of the molecule is COC(=O)COc1cc(O)c2c(=O)c3cc(Cl)ccc3oc2c1. The highest BCUT2D eigenvalue weighted by Crippen LogP contribution is 2.31. The number of methoxy groups -OCH3 is 1. The molecule has 0 atom stereocenters. The fraction of sp³-hybridized carbons (Fsp3) is 0.125. The highest BCUT2D eigenvalue weighted by atomic mass is 35.5. The molecule has 23 heavy (non-hydrogen) atoms. The molecule has 0 aliphatic rings. The van der Waals surface area contributed by atoms with Crippen LogP contribution >= 0.6 is 11.6 Å². The fourth-order valence-electron chi connectivity index (χ4n) is 2.19. The maximum absolute atomic E-state index is 12.5. The minimum absolute atomic E-state index is 0.0187. The van der Waals surface area contributed by atoms with E-state index >= 15 is 0 Å². The molecule has 0 aliphatic carbocycles. The zero-order valence-electron chi connectivity index (χ0n) is 12.0. The summed E-state index contributed by atoms with van der Waals surface area (Å²) in [6.45, 7) is -0.325. The zero-order valence-corrected chi connectivity index (χ0v) is 12.7. The van der Waals surface area contributed by atoms with Gasteiger partial charge >= 0.3 is 5.97 Å². The molecule has 0 spiro atoms. The molecule has 0 radical (unpaired) electrons. The molecule has 6 nitrogen and oxygen atoms in total. The van der Waals surface area contributed by atoms with Crippen LogP contribution < -0.4 is 10.2 Å². The van der Waals surface area contributed by atoms with E-state index in [0.717, 1.165) is 0 Å². The van der Waals surface area contributed by atoms with E-state index < -0.39 is 11.4 Å². The number of phenolic OH excluding ortho intramolecular Hbond substituents is 1. The van der Waals surface area contributed by atoms with Crippen molar-refractivity contribution in [2.45, 2.75) is 0 Å². The predicted octanol–water partition coefficient (Wildman–Crippen LogP) is 2.86. The number of benzene rings is 2. The van der Waals surface area contributed by atoms with Crippen molar-refractivity contribution in [2.75, 3.05) is 13.7 Å². The smallest absolute Gasteiger partial charge is 0.343 e. The topological polar surface area (TPSA) is 86.0 Å². The lowest BCUT2D eigenvalue weighted by atomic mass is 10.1. The van der Waals surface area contributed by atoms with E-state index in [-0.39, 0.29) is 34.5 Å². The predicted molar refractivity (Wildman–Crippen MR) is 84.2 cm³/mol. The third-order valence-electron chi connectivity index (χ3n) is 3.27. The van der Waals surface area contributed by atoms with E-state index in [1.165, 1.54) is 25.3 Å². The minimum Gasteiger partial charge on any atom is -0.507 e. The van der Waals surface area contributed by atoms with Gasteiger partial charge in [-0.15, -0.1) is 0 Å². The van der Waals surface area contributed by atoms with Crippen LogP contribution in [0.5, 0.6) is 11.5 Å². The zero-order chi connectivity index (χ0) is 16.6. The summed E-state index contributed by atoms with van der Waals surface area (Å²) in [5.74, 6) is -0.700. The third-order valence-corrected chi connectivity index (χ3v) is 3.51. The molecule has 118 valence electrons. The van der Waals surface area contributed by atoms with Gasteiger partial charge in [0.2, 0.25) is 5.43 Å². The van der Waals surface area contributed by atoms with Gasteiger partial charge in [-0.2, -0.15) is 0 Å². The number of halogens is 1. The van der Waals surface area contributed by atoms with Crippen molar-refractivity contribution in [3.63, 3.8) is 0 Å². The monoisotopic (exact) mass is 334 g/mol. The number of hydrogen-bond acceptors (Lipinski definition) is 6. The van der Waals surface area contributed by atoms with Crippen LogP contribution in [0.25, 0.3) is 21.9 Å². The minimum atomic E-state index is -0.570. The highest BCUT2D eigenvalue weighted by molar-refractivity contribution is 6.31. The maximum Gasteiger partial charge on any atom is 0.343 e. The van der Waals surface area contributed by atoms with E-state index in [1.807, 2.05) is 0 Å². The van der Waals surface area contributed by atoms with Crippen LogP contribution in [-0.2, 0) is 9.53 Å². The van der Waals surface area contributed by atoms with E-state index in [0.29, 0.717) is 10.6 Å². The molecule has 3 rings (SSSR count). The maximum atomic E-state index is 12.5. The van der Waals surface area contributed by atoms with Crippen molar-refractivity contribution in [1.82, 2.24) is 0 Å². The van der Waals surface area contributed by atoms with Crippen LogP contribution in [0.15, 0.2) is 39.5 Å². The van der Waals surface area contributed by atoms with Crippen molar-refractivity contribution in [2.24, 2.45) is 0 Å². The summed E-state index contributed by atoms with van der Waals surface area (Å²) < 4.78 is 15.3. The first-order valence-corrected chi connectivity index (χ1v) is 6.96. The number of rotatable bonds is 3. The van der Waals surface area contributed by atoms with Gasteiger partial charge in [-0.1, -0.05) is 11.6 Å². The number of aromatic hydroxyl groups is 1. The summed E-state index contributed by atoms with van der Waals surface area (Å²) in [6, 6.07) is 7.29. The van der Waals surface area contributed by atoms with E-state index in [1.54, 1.807) is 12.1 Å². The molecule has 0 saturated heterocycles. The van der Waals surface area contributed by atoms with Gasteiger partial charge in [-0.05, 0) is 18.2 Å². The Morgan fingerprint density at radius 2 is 2.04 bits per heavy atom. The molecule has 1 heterocycles. The molecule has 0 aliphatic heterocycles. The summed E-state index contributed by atoms with van der Waals surface area (Å²) in [5.41, 5.74) is 0.0712. The number of carbonyl (C=O) groups is 1. The summed E-state index contributed by atoms with van der Waals surface area (Å²) in [4.78, 5) is 23.6. The van der Waals surface area contributed by atoms with Crippen LogP contribution in [-0.4, -0.2) is 24.8 Å². The van der Waals surface area contributed by atoms with Crippen LogP contribution in [0.4, 0.5) is 0 Å². The van der Waals surface area contributed by atoms with Gasteiger partial charge in [-0.25, -0.2) is 4.79 Å².